The highest BCUT2D eigenvalue weighted by atomic mass is 32.2. The Balaban J connectivity index is 1.51. The average molecular weight is 630 g/mol. The Morgan fingerprint density at radius 1 is 1.07 bits per heavy atom. The van der Waals surface area contributed by atoms with E-state index >= 15 is 0 Å². The molecule has 14 heteroatoms. The number of rotatable bonds is 8. The van der Waals surface area contributed by atoms with E-state index in [4.69, 9.17) is 0 Å². The molecule has 1 saturated heterocycles. The van der Waals surface area contributed by atoms with Crippen molar-refractivity contribution in [2.75, 3.05) is 11.5 Å². The van der Waals surface area contributed by atoms with Crippen molar-refractivity contribution in [1.29, 1.82) is 0 Å². The van der Waals surface area contributed by atoms with E-state index in [0.29, 0.717) is 46.7 Å². The summed E-state index contributed by atoms with van der Waals surface area (Å²) in [6.45, 7) is 0.747. The average Bonchev–Trinajstić information content (AvgIpc) is 3.30. The monoisotopic (exact) mass is 629 g/mol. The minimum Gasteiger partial charge on any atom is -0.347 e. The second kappa shape index (κ2) is 11.3. The number of halogens is 3. The van der Waals surface area contributed by atoms with Crippen LogP contribution in [0.3, 0.4) is 0 Å². The quantitative estimate of drug-likeness (QED) is 0.368. The lowest BCUT2D eigenvalue weighted by Gasteiger charge is -2.25. The standard InChI is InChI=1S/C27H30F3N3O5S3/c1-16(27(28,29)30)33-41(37,38)23-10-9-21(19-7-2-3-8-20(19)23)24-22(15-17-5-4-6-17)32-26(39-24)25(34)31-18-11-13-40(35,36)14-12-18/h2-3,7-10,16-18,33H,4-6,11-15H2,1H3,(H,31,34)/t16-/m0/s1. The zero-order chi connectivity index (χ0) is 29.6. The van der Waals surface area contributed by atoms with Gasteiger partial charge in [-0.2, -0.15) is 17.9 Å². The van der Waals surface area contributed by atoms with Gasteiger partial charge in [-0.3, -0.25) is 4.79 Å². The summed E-state index contributed by atoms with van der Waals surface area (Å²) < 4.78 is 90.7. The van der Waals surface area contributed by atoms with E-state index in [0.717, 1.165) is 26.2 Å². The van der Waals surface area contributed by atoms with Crippen LogP contribution in [0.2, 0.25) is 0 Å². The molecule has 222 valence electrons. The van der Waals surface area contributed by atoms with Crippen molar-refractivity contribution < 1.29 is 34.8 Å². The first kappa shape index (κ1) is 29.9. The van der Waals surface area contributed by atoms with Crippen molar-refractivity contribution >= 4 is 47.9 Å². The maximum absolute atomic E-state index is 13.2. The van der Waals surface area contributed by atoms with Gasteiger partial charge < -0.3 is 5.32 Å². The Morgan fingerprint density at radius 3 is 2.34 bits per heavy atom. The highest BCUT2D eigenvalue weighted by molar-refractivity contribution is 7.91. The largest absolute Gasteiger partial charge is 0.404 e. The molecule has 1 amide bonds. The van der Waals surface area contributed by atoms with Crippen molar-refractivity contribution in [3.8, 4) is 10.4 Å². The van der Waals surface area contributed by atoms with Crippen molar-refractivity contribution in [2.45, 2.75) is 68.6 Å². The van der Waals surface area contributed by atoms with Gasteiger partial charge in [-0.15, -0.1) is 11.3 Å². The predicted molar refractivity (Wildman–Crippen MR) is 151 cm³/mol. The third kappa shape index (κ3) is 6.60. The fourth-order valence-corrected chi connectivity index (χ4v) is 9.08. The maximum Gasteiger partial charge on any atom is 0.404 e. The van der Waals surface area contributed by atoms with E-state index in [9.17, 15) is 34.8 Å². The number of alkyl halides is 3. The molecular weight excluding hydrogens is 600 g/mol. The van der Waals surface area contributed by atoms with Gasteiger partial charge in [0.15, 0.2) is 5.01 Å². The number of hydrogen-bond acceptors (Lipinski definition) is 7. The minimum absolute atomic E-state index is 0.0197. The van der Waals surface area contributed by atoms with Crippen LogP contribution in [-0.2, 0) is 26.3 Å². The van der Waals surface area contributed by atoms with Crippen LogP contribution < -0.4 is 10.0 Å². The molecule has 1 atom stereocenters. The number of amides is 1. The number of thiazole rings is 1. The van der Waals surface area contributed by atoms with Crippen LogP contribution in [0.1, 0.15) is 54.5 Å². The van der Waals surface area contributed by atoms with Gasteiger partial charge >= 0.3 is 6.18 Å². The van der Waals surface area contributed by atoms with Crippen LogP contribution >= 0.6 is 11.3 Å². The van der Waals surface area contributed by atoms with E-state index in [1.807, 2.05) is 0 Å². The molecule has 0 spiro atoms. The molecule has 0 bridgehead atoms. The van der Waals surface area contributed by atoms with Crippen LogP contribution in [0.25, 0.3) is 21.2 Å². The van der Waals surface area contributed by atoms with Crippen molar-refractivity contribution in [3.05, 3.63) is 47.1 Å². The van der Waals surface area contributed by atoms with E-state index < -0.39 is 38.0 Å². The second-order valence-electron chi connectivity index (χ2n) is 10.7. The molecule has 0 radical (unpaired) electrons. The fourth-order valence-electron chi connectivity index (χ4n) is 5.12. The molecule has 5 rings (SSSR count). The third-order valence-corrected chi connectivity index (χ3v) is 12.2. The summed E-state index contributed by atoms with van der Waals surface area (Å²) in [6.07, 6.45) is -0.247. The normalized spacial score (nSPS) is 19.1. The lowest BCUT2D eigenvalue weighted by molar-refractivity contribution is -0.147. The summed E-state index contributed by atoms with van der Waals surface area (Å²) in [5.41, 5.74) is 1.35. The summed E-state index contributed by atoms with van der Waals surface area (Å²) in [5, 5.41) is 3.90. The van der Waals surface area contributed by atoms with E-state index in [-0.39, 0.29) is 32.8 Å². The van der Waals surface area contributed by atoms with Gasteiger partial charge in [-0.25, -0.2) is 21.8 Å². The number of benzene rings is 2. The van der Waals surface area contributed by atoms with Crippen LogP contribution in [0.15, 0.2) is 41.3 Å². The molecule has 2 fully saturated rings. The Morgan fingerprint density at radius 2 is 1.73 bits per heavy atom. The predicted octanol–water partition coefficient (Wildman–Crippen LogP) is 4.84. The molecule has 3 aromatic rings. The molecule has 2 aliphatic rings. The highest BCUT2D eigenvalue weighted by Gasteiger charge is 2.39. The molecular formula is C27H30F3N3O5S3. The number of fused-ring (bicyclic) bond motifs is 1. The molecule has 1 aliphatic heterocycles. The topological polar surface area (TPSA) is 122 Å². The van der Waals surface area contributed by atoms with E-state index in [1.54, 1.807) is 35.1 Å². The van der Waals surface area contributed by atoms with Crippen molar-refractivity contribution in [2.24, 2.45) is 5.92 Å². The highest BCUT2D eigenvalue weighted by Crippen LogP contribution is 2.41. The van der Waals surface area contributed by atoms with Crippen molar-refractivity contribution in [3.63, 3.8) is 0 Å². The number of carbonyl (C=O) groups is 1. The lowest BCUT2D eigenvalue weighted by Crippen LogP contribution is -2.43. The Hall–Kier alpha value is -2.55. The number of sulfonamides is 1. The zero-order valence-corrected chi connectivity index (χ0v) is 24.6. The van der Waals surface area contributed by atoms with E-state index in [2.05, 4.69) is 10.3 Å². The van der Waals surface area contributed by atoms with Crippen LogP contribution in [0, 0.1) is 5.92 Å². The first-order chi connectivity index (χ1) is 19.2. The first-order valence-electron chi connectivity index (χ1n) is 13.4. The van der Waals surface area contributed by atoms with Gasteiger partial charge in [0.05, 0.1) is 27.0 Å². The van der Waals surface area contributed by atoms with E-state index in [1.165, 1.54) is 17.4 Å². The summed E-state index contributed by atoms with van der Waals surface area (Å²) in [6, 6.07) is 6.88. The molecule has 1 aromatic heterocycles. The Kier molecular flexibility index (Phi) is 8.22. The summed E-state index contributed by atoms with van der Waals surface area (Å²) in [4.78, 5) is 18.3. The summed E-state index contributed by atoms with van der Waals surface area (Å²) in [5.74, 6) is 0.0565. The number of nitrogens with one attached hydrogen (secondary N) is 2. The summed E-state index contributed by atoms with van der Waals surface area (Å²) in [7, 11) is -7.60. The minimum atomic E-state index is -4.75. The summed E-state index contributed by atoms with van der Waals surface area (Å²) >= 11 is 1.17. The molecule has 2 aromatic carbocycles. The van der Waals surface area contributed by atoms with Gasteiger partial charge in [-0.1, -0.05) is 49.6 Å². The van der Waals surface area contributed by atoms with Gasteiger partial charge in [0.1, 0.15) is 15.9 Å². The first-order valence-corrected chi connectivity index (χ1v) is 17.5. The van der Waals surface area contributed by atoms with Gasteiger partial charge in [0.25, 0.3) is 5.91 Å². The molecule has 1 aliphatic carbocycles. The maximum atomic E-state index is 13.2. The fraction of sp³-hybridized carbons (Fsp3) is 0.481. The number of sulfone groups is 1. The third-order valence-electron chi connectivity index (χ3n) is 7.73. The van der Waals surface area contributed by atoms with Crippen molar-refractivity contribution in [1.82, 2.24) is 15.0 Å². The van der Waals surface area contributed by atoms with Gasteiger partial charge in [0.2, 0.25) is 10.0 Å². The van der Waals surface area contributed by atoms with Crippen LogP contribution in [0.4, 0.5) is 13.2 Å². The Labute approximate surface area is 240 Å². The smallest absolute Gasteiger partial charge is 0.347 e. The second-order valence-corrected chi connectivity index (χ2v) is 15.7. The SMILES string of the molecule is C[C@H](NS(=O)(=O)c1ccc(-c2sc(C(=O)NC3CCS(=O)(=O)CC3)nc2CC2CCC2)c2ccccc12)C(F)(F)F. The molecule has 41 heavy (non-hydrogen) atoms. The molecule has 2 N–H and O–H groups in total. The molecule has 0 unspecified atom stereocenters. The zero-order valence-electron chi connectivity index (χ0n) is 22.2. The van der Waals surface area contributed by atoms with Gasteiger partial charge in [-0.05, 0) is 43.6 Å². The molecule has 8 nitrogen and oxygen atoms in total. The Bertz CT molecular complexity index is 1670. The number of carbonyl (C=O) groups excluding carboxylic acids is 1. The van der Waals surface area contributed by atoms with Crippen LogP contribution in [0.5, 0.6) is 0 Å². The van der Waals surface area contributed by atoms with Crippen LogP contribution in [-0.4, -0.2) is 57.5 Å². The number of hydrogen-bond donors (Lipinski definition) is 2. The lowest BCUT2D eigenvalue weighted by atomic mass is 9.81. The van der Waals surface area contributed by atoms with Gasteiger partial charge in [0, 0.05) is 17.0 Å². The molecule has 2 heterocycles. The molecule has 1 saturated carbocycles. The number of aromatic nitrogens is 1. The number of nitrogens with zero attached hydrogens (tertiary/aromatic N) is 1.